The molecule has 0 spiro atoms. The molecule has 0 aliphatic heterocycles. The maximum Gasteiger partial charge on any atom is 0.131 e. The molecule has 21 heavy (non-hydrogen) atoms. The molecule has 3 nitrogen and oxygen atoms in total. The smallest absolute Gasteiger partial charge is 0.131 e. The Balaban J connectivity index is 2.04. The van der Waals surface area contributed by atoms with Crippen LogP contribution >= 0.6 is 11.3 Å². The van der Waals surface area contributed by atoms with Gasteiger partial charge >= 0.3 is 0 Å². The van der Waals surface area contributed by atoms with Crippen LogP contribution in [0.1, 0.15) is 43.0 Å². The first-order valence-corrected chi connectivity index (χ1v) is 8.04. The normalized spacial score (nSPS) is 11.1. The molecule has 0 bridgehead atoms. The van der Waals surface area contributed by atoms with Crippen LogP contribution in [-0.2, 0) is 13.2 Å². The van der Waals surface area contributed by atoms with Gasteiger partial charge in [0.15, 0.2) is 0 Å². The molecular weight excluding hydrogens is 287 g/mol. The minimum absolute atomic E-state index is 0.244. The third-order valence-corrected chi connectivity index (χ3v) is 4.22. The van der Waals surface area contributed by atoms with E-state index in [0.29, 0.717) is 24.8 Å². The molecule has 1 heterocycles. The number of halogens is 1. The van der Waals surface area contributed by atoms with Crippen molar-refractivity contribution in [3.63, 3.8) is 0 Å². The average Bonchev–Trinajstić information content (AvgIpc) is 2.93. The number of hydrogen-bond donors (Lipinski definition) is 1. The molecule has 0 fully saturated rings. The Morgan fingerprint density at radius 2 is 2.19 bits per heavy atom. The lowest BCUT2D eigenvalue weighted by Gasteiger charge is -2.11. The van der Waals surface area contributed by atoms with Crippen molar-refractivity contribution < 1.29 is 9.13 Å². The molecule has 1 N–H and O–H groups in total. The van der Waals surface area contributed by atoms with E-state index in [1.807, 2.05) is 12.3 Å². The molecule has 2 aromatic rings. The summed E-state index contributed by atoms with van der Waals surface area (Å²) >= 11 is 1.65. The van der Waals surface area contributed by atoms with Crippen molar-refractivity contribution in [2.24, 2.45) is 0 Å². The first-order chi connectivity index (χ1) is 10.1. The number of thiazole rings is 1. The van der Waals surface area contributed by atoms with Gasteiger partial charge in [-0.05, 0) is 24.7 Å². The van der Waals surface area contributed by atoms with Crippen molar-refractivity contribution >= 4 is 11.3 Å². The zero-order valence-electron chi connectivity index (χ0n) is 12.6. The summed E-state index contributed by atoms with van der Waals surface area (Å²) in [6.07, 6.45) is 0. The Kier molecular flexibility index (Phi) is 5.70. The highest BCUT2D eigenvalue weighted by Gasteiger charge is 2.09. The number of rotatable bonds is 7. The van der Waals surface area contributed by atoms with E-state index in [0.717, 1.165) is 22.8 Å². The highest BCUT2D eigenvalue weighted by atomic mass is 32.1. The van der Waals surface area contributed by atoms with Crippen LogP contribution in [0.5, 0.6) is 5.75 Å². The van der Waals surface area contributed by atoms with Crippen LogP contribution < -0.4 is 10.1 Å². The second-order valence-corrected chi connectivity index (χ2v) is 6.04. The van der Waals surface area contributed by atoms with Crippen molar-refractivity contribution in [3.05, 3.63) is 45.7 Å². The molecule has 0 saturated carbocycles. The lowest BCUT2D eigenvalue weighted by molar-refractivity contribution is 0.297. The monoisotopic (exact) mass is 308 g/mol. The molecule has 0 amide bonds. The fraction of sp³-hybridized carbons (Fsp3) is 0.438. The number of nitrogens with one attached hydrogen (secondary N) is 1. The number of nitrogens with zero attached hydrogens (tertiary/aromatic N) is 1. The Morgan fingerprint density at radius 1 is 1.38 bits per heavy atom. The molecule has 2 rings (SSSR count). The number of hydrogen-bond acceptors (Lipinski definition) is 4. The fourth-order valence-corrected chi connectivity index (χ4v) is 2.71. The quantitative estimate of drug-likeness (QED) is 0.836. The Labute approximate surface area is 129 Å². The second-order valence-electron chi connectivity index (χ2n) is 5.15. The van der Waals surface area contributed by atoms with E-state index < -0.39 is 0 Å². The van der Waals surface area contributed by atoms with E-state index in [9.17, 15) is 4.39 Å². The van der Waals surface area contributed by atoms with Gasteiger partial charge in [-0.2, -0.15) is 0 Å². The van der Waals surface area contributed by atoms with Gasteiger partial charge < -0.3 is 10.1 Å². The van der Waals surface area contributed by atoms with E-state index in [4.69, 9.17) is 4.74 Å². The minimum atomic E-state index is -0.244. The van der Waals surface area contributed by atoms with Crippen LogP contribution in [-0.4, -0.2) is 11.5 Å². The lowest BCUT2D eigenvalue weighted by Crippen LogP contribution is -2.13. The van der Waals surface area contributed by atoms with Gasteiger partial charge in [0.1, 0.15) is 18.2 Å². The summed E-state index contributed by atoms with van der Waals surface area (Å²) in [7, 11) is 0. The first kappa shape index (κ1) is 15.9. The predicted octanol–water partition coefficient (Wildman–Crippen LogP) is 4.09. The molecule has 0 aliphatic carbocycles. The van der Waals surface area contributed by atoms with Gasteiger partial charge in [-0.15, -0.1) is 11.3 Å². The molecule has 1 aromatic carbocycles. The van der Waals surface area contributed by atoms with Crippen molar-refractivity contribution in [2.75, 3.05) is 6.54 Å². The molecule has 0 saturated heterocycles. The molecule has 114 valence electrons. The average molecular weight is 308 g/mol. The highest BCUT2D eigenvalue weighted by molar-refractivity contribution is 7.09. The lowest BCUT2D eigenvalue weighted by atomic mass is 10.2. The maximum absolute atomic E-state index is 13.3. The van der Waals surface area contributed by atoms with E-state index in [1.54, 1.807) is 17.4 Å². The van der Waals surface area contributed by atoms with Crippen LogP contribution in [0.3, 0.4) is 0 Å². The standard InChI is InChI=1S/C16H21FN2OS/c1-4-18-8-12-7-13(17)5-6-15(12)20-9-14-10-21-16(19-14)11(2)3/h5-7,10-11,18H,4,8-9H2,1-3H3. The summed E-state index contributed by atoms with van der Waals surface area (Å²) in [5.41, 5.74) is 1.75. The van der Waals surface area contributed by atoms with Crippen molar-refractivity contribution in [1.29, 1.82) is 0 Å². The Bertz CT molecular complexity index is 583. The van der Waals surface area contributed by atoms with Crippen molar-refractivity contribution in [1.82, 2.24) is 10.3 Å². The fourth-order valence-electron chi connectivity index (χ4n) is 1.89. The zero-order valence-corrected chi connectivity index (χ0v) is 13.5. The summed E-state index contributed by atoms with van der Waals surface area (Å²) in [5, 5.41) is 6.32. The highest BCUT2D eigenvalue weighted by Crippen LogP contribution is 2.23. The number of aromatic nitrogens is 1. The van der Waals surface area contributed by atoms with Crippen LogP contribution in [0.4, 0.5) is 4.39 Å². The molecule has 0 unspecified atom stereocenters. The maximum atomic E-state index is 13.3. The van der Waals surface area contributed by atoms with Crippen LogP contribution in [0, 0.1) is 5.82 Å². The SMILES string of the molecule is CCNCc1cc(F)ccc1OCc1csc(C(C)C)n1. The second kappa shape index (κ2) is 7.52. The summed E-state index contributed by atoms with van der Waals surface area (Å²) in [5.74, 6) is 0.890. The predicted molar refractivity (Wildman–Crippen MR) is 84.3 cm³/mol. The van der Waals surface area contributed by atoms with Gasteiger partial charge in [0, 0.05) is 23.4 Å². The van der Waals surface area contributed by atoms with E-state index in [2.05, 4.69) is 24.1 Å². The first-order valence-electron chi connectivity index (χ1n) is 7.16. The summed E-state index contributed by atoms with van der Waals surface area (Å²) in [6.45, 7) is 8.10. The van der Waals surface area contributed by atoms with Crippen molar-refractivity contribution in [3.8, 4) is 5.75 Å². The van der Waals surface area contributed by atoms with Gasteiger partial charge in [0.25, 0.3) is 0 Å². The van der Waals surface area contributed by atoms with E-state index >= 15 is 0 Å². The summed E-state index contributed by atoms with van der Waals surface area (Å²) < 4.78 is 19.1. The molecule has 0 aliphatic rings. The van der Waals surface area contributed by atoms with Gasteiger partial charge in [-0.3, -0.25) is 0 Å². The van der Waals surface area contributed by atoms with E-state index in [1.165, 1.54) is 12.1 Å². The molecular formula is C16H21FN2OS. The summed E-state index contributed by atoms with van der Waals surface area (Å²) in [4.78, 5) is 4.54. The summed E-state index contributed by atoms with van der Waals surface area (Å²) in [6, 6.07) is 4.61. The molecule has 0 radical (unpaired) electrons. The van der Waals surface area contributed by atoms with Crippen LogP contribution in [0.15, 0.2) is 23.6 Å². The van der Waals surface area contributed by atoms with Gasteiger partial charge in [-0.25, -0.2) is 9.37 Å². The van der Waals surface area contributed by atoms with Gasteiger partial charge in [0.05, 0.1) is 10.7 Å². The molecule has 0 atom stereocenters. The Morgan fingerprint density at radius 3 is 2.86 bits per heavy atom. The number of benzene rings is 1. The third kappa shape index (κ3) is 4.51. The van der Waals surface area contributed by atoms with Gasteiger partial charge in [-0.1, -0.05) is 20.8 Å². The van der Waals surface area contributed by atoms with E-state index in [-0.39, 0.29) is 5.82 Å². The van der Waals surface area contributed by atoms with Gasteiger partial charge in [0.2, 0.25) is 0 Å². The minimum Gasteiger partial charge on any atom is -0.487 e. The third-order valence-electron chi connectivity index (χ3n) is 3.03. The molecule has 1 aromatic heterocycles. The largest absolute Gasteiger partial charge is 0.487 e. The van der Waals surface area contributed by atoms with Crippen LogP contribution in [0.25, 0.3) is 0 Å². The Hall–Kier alpha value is -1.46. The molecule has 5 heteroatoms. The zero-order chi connectivity index (χ0) is 15.2. The van der Waals surface area contributed by atoms with Crippen LogP contribution in [0.2, 0.25) is 0 Å². The topological polar surface area (TPSA) is 34.1 Å². The number of ether oxygens (including phenoxy) is 1. The van der Waals surface area contributed by atoms with Crippen molar-refractivity contribution in [2.45, 2.75) is 39.8 Å².